The van der Waals surface area contributed by atoms with Gasteiger partial charge >= 0.3 is 0 Å². The van der Waals surface area contributed by atoms with Crippen LogP contribution >= 0.6 is 34.8 Å². The molecule has 2 aromatic heterocycles. The Morgan fingerprint density at radius 3 is 2.70 bits per heavy atom. The maximum atomic E-state index is 14.3. The second kappa shape index (κ2) is 5.51. The Morgan fingerprint density at radius 2 is 1.91 bits per heavy atom. The van der Waals surface area contributed by atoms with Gasteiger partial charge in [-0.1, -0.05) is 23.2 Å². The molecule has 3 atom stereocenters. The number of fused-ring (bicyclic) bond motifs is 2. The van der Waals surface area contributed by atoms with Gasteiger partial charge in [0, 0.05) is 12.5 Å². The predicted molar refractivity (Wildman–Crippen MR) is 82.7 cm³/mol. The Kier molecular flexibility index (Phi) is 3.72. The minimum Gasteiger partial charge on any atom is -0.379 e. The fourth-order valence-electron chi connectivity index (χ4n) is 2.95. The molecule has 0 amide bonds. The van der Waals surface area contributed by atoms with Crippen molar-refractivity contribution in [1.29, 1.82) is 0 Å². The number of anilines is 1. The van der Waals surface area contributed by atoms with Gasteiger partial charge in [0.2, 0.25) is 5.28 Å². The maximum Gasteiger partial charge on any atom is 0.225 e. The molecule has 0 N–H and O–H groups in total. The van der Waals surface area contributed by atoms with Crippen LogP contribution in [0.1, 0.15) is 0 Å². The number of pyridine rings is 1. The fraction of sp³-hybridized carbons (Fsp3) is 0.462. The van der Waals surface area contributed by atoms with Crippen LogP contribution in [0.4, 0.5) is 14.6 Å². The van der Waals surface area contributed by atoms with Gasteiger partial charge in [-0.2, -0.15) is 4.98 Å². The van der Waals surface area contributed by atoms with Crippen molar-refractivity contribution in [2.75, 3.05) is 24.7 Å². The summed E-state index contributed by atoms with van der Waals surface area (Å²) in [6.45, 7) is 1.11. The Labute approximate surface area is 144 Å². The van der Waals surface area contributed by atoms with Crippen LogP contribution in [0.3, 0.4) is 0 Å². The molecule has 0 bridgehead atoms. The topological polar surface area (TPSA) is 51.1 Å². The van der Waals surface area contributed by atoms with Crippen LogP contribution in [0.15, 0.2) is 0 Å². The fourth-order valence-corrected chi connectivity index (χ4v) is 3.60. The van der Waals surface area contributed by atoms with Crippen LogP contribution in [0.5, 0.6) is 0 Å². The van der Waals surface area contributed by atoms with Crippen molar-refractivity contribution in [3.05, 3.63) is 21.4 Å². The van der Waals surface area contributed by atoms with E-state index in [0.29, 0.717) is 19.8 Å². The molecule has 1 saturated heterocycles. The summed E-state index contributed by atoms with van der Waals surface area (Å²) in [5, 5.41) is -0.480. The zero-order valence-corrected chi connectivity index (χ0v) is 13.7. The SMILES string of the molecule is Fc1c(Cl)nc(Cl)c2c(N3CCOC[C@H]4[C@H](F)[C@H]43)nc(Cl)nc12. The molecule has 2 aliphatic rings. The van der Waals surface area contributed by atoms with Crippen molar-refractivity contribution in [3.63, 3.8) is 0 Å². The summed E-state index contributed by atoms with van der Waals surface area (Å²) < 4.78 is 33.6. The van der Waals surface area contributed by atoms with Crippen LogP contribution in [-0.4, -0.2) is 46.9 Å². The predicted octanol–water partition coefficient (Wildman–Crippen LogP) is 3.30. The molecule has 1 aliphatic carbocycles. The Balaban J connectivity index is 1.94. The average molecular weight is 382 g/mol. The minimum atomic E-state index is -1.04. The van der Waals surface area contributed by atoms with Gasteiger partial charge in [-0.15, -0.1) is 0 Å². The summed E-state index contributed by atoms with van der Waals surface area (Å²) in [7, 11) is 0. The van der Waals surface area contributed by atoms with E-state index in [2.05, 4.69) is 15.0 Å². The smallest absolute Gasteiger partial charge is 0.225 e. The van der Waals surface area contributed by atoms with Crippen molar-refractivity contribution in [3.8, 4) is 0 Å². The number of halogens is 5. The van der Waals surface area contributed by atoms with Crippen LogP contribution in [-0.2, 0) is 4.74 Å². The van der Waals surface area contributed by atoms with E-state index in [4.69, 9.17) is 39.5 Å². The highest BCUT2D eigenvalue weighted by molar-refractivity contribution is 6.37. The first-order chi connectivity index (χ1) is 11.0. The van der Waals surface area contributed by atoms with Gasteiger partial charge in [0.15, 0.2) is 11.0 Å². The zero-order chi connectivity index (χ0) is 16.3. The molecule has 4 rings (SSSR count). The maximum absolute atomic E-state index is 14.3. The van der Waals surface area contributed by atoms with Crippen molar-refractivity contribution in [2.45, 2.75) is 12.2 Å². The Hall–Kier alpha value is -1.02. The van der Waals surface area contributed by atoms with Gasteiger partial charge in [0.05, 0.1) is 24.6 Å². The minimum absolute atomic E-state index is 0.0594. The molecule has 0 radical (unpaired) electrons. The lowest BCUT2D eigenvalue weighted by Crippen LogP contribution is -2.31. The molecule has 3 heterocycles. The normalized spacial score (nSPS) is 27.0. The standard InChI is InChI=1S/C13H9Cl3F2N4O/c14-10-5-8(7(18)11(15)20-10)19-13(16)21-12(5)22-1-2-23-3-4-6(17)9(4)22/h4,6,9H,1-3H2/t4-,6-,9-/m0/s1. The summed E-state index contributed by atoms with van der Waals surface area (Å²) in [4.78, 5) is 13.4. The molecule has 10 heteroatoms. The third-order valence-corrected chi connectivity index (χ3v) is 4.80. The first kappa shape index (κ1) is 15.5. The number of alkyl halides is 1. The van der Waals surface area contributed by atoms with Crippen molar-refractivity contribution < 1.29 is 13.5 Å². The molecule has 2 fully saturated rings. The molecule has 23 heavy (non-hydrogen) atoms. The van der Waals surface area contributed by atoms with Crippen LogP contribution in [0.2, 0.25) is 15.6 Å². The number of hydrogen-bond acceptors (Lipinski definition) is 5. The molecule has 0 aromatic carbocycles. The van der Waals surface area contributed by atoms with E-state index in [-0.39, 0.29) is 33.1 Å². The molecule has 2 aromatic rings. The van der Waals surface area contributed by atoms with Crippen molar-refractivity contribution in [1.82, 2.24) is 15.0 Å². The van der Waals surface area contributed by atoms with Crippen LogP contribution in [0.25, 0.3) is 10.9 Å². The van der Waals surface area contributed by atoms with Crippen molar-refractivity contribution in [2.24, 2.45) is 5.92 Å². The number of nitrogens with zero attached hydrogens (tertiary/aromatic N) is 4. The zero-order valence-electron chi connectivity index (χ0n) is 11.4. The lowest BCUT2D eigenvalue weighted by Gasteiger charge is -2.24. The van der Waals surface area contributed by atoms with Gasteiger partial charge in [-0.3, -0.25) is 0 Å². The molecule has 122 valence electrons. The second-order valence-corrected chi connectivity index (χ2v) is 6.47. The Bertz CT molecular complexity index is 809. The second-order valence-electron chi connectivity index (χ2n) is 5.41. The molecule has 0 unspecified atom stereocenters. The van der Waals surface area contributed by atoms with Gasteiger partial charge in [0.1, 0.15) is 22.7 Å². The van der Waals surface area contributed by atoms with Gasteiger partial charge in [0.25, 0.3) is 0 Å². The summed E-state index contributed by atoms with van der Waals surface area (Å²) in [6.07, 6.45) is -1.04. The molecular formula is C13H9Cl3F2N4O. The molecule has 5 nitrogen and oxygen atoms in total. The number of aromatic nitrogens is 3. The summed E-state index contributed by atoms with van der Waals surface area (Å²) >= 11 is 17.7. The third-order valence-electron chi connectivity index (χ3n) is 4.11. The number of rotatable bonds is 1. The highest BCUT2D eigenvalue weighted by Gasteiger charge is 2.56. The van der Waals surface area contributed by atoms with Gasteiger partial charge < -0.3 is 9.64 Å². The highest BCUT2D eigenvalue weighted by Crippen LogP contribution is 2.45. The third kappa shape index (κ3) is 2.41. The molecule has 1 aliphatic heterocycles. The van der Waals surface area contributed by atoms with E-state index in [9.17, 15) is 8.78 Å². The van der Waals surface area contributed by atoms with E-state index in [0.717, 1.165) is 0 Å². The molecule has 1 saturated carbocycles. The summed E-state index contributed by atoms with van der Waals surface area (Å²) in [6, 6.07) is -0.401. The first-order valence-corrected chi connectivity index (χ1v) is 7.98. The van der Waals surface area contributed by atoms with E-state index < -0.39 is 23.2 Å². The van der Waals surface area contributed by atoms with Crippen LogP contribution in [0, 0.1) is 11.7 Å². The largest absolute Gasteiger partial charge is 0.379 e. The average Bonchev–Trinajstić information content (AvgIpc) is 3.19. The first-order valence-electron chi connectivity index (χ1n) is 6.85. The van der Waals surface area contributed by atoms with Gasteiger partial charge in [-0.25, -0.2) is 18.7 Å². The monoisotopic (exact) mass is 380 g/mol. The van der Waals surface area contributed by atoms with E-state index in [1.807, 2.05) is 0 Å². The molecular weight excluding hydrogens is 373 g/mol. The summed E-state index contributed by atoms with van der Waals surface area (Å²) in [5.41, 5.74) is -0.136. The van der Waals surface area contributed by atoms with Crippen LogP contribution < -0.4 is 4.90 Å². The summed E-state index contributed by atoms with van der Waals surface area (Å²) in [5.74, 6) is -0.842. The lowest BCUT2D eigenvalue weighted by atomic mass is 10.2. The Morgan fingerprint density at radius 1 is 1.13 bits per heavy atom. The van der Waals surface area contributed by atoms with Crippen molar-refractivity contribution >= 4 is 51.5 Å². The van der Waals surface area contributed by atoms with Gasteiger partial charge in [-0.05, 0) is 11.6 Å². The number of hydrogen-bond donors (Lipinski definition) is 0. The quantitative estimate of drug-likeness (QED) is 0.560. The number of ether oxygens (including phenoxy) is 1. The van der Waals surface area contributed by atoms with E-state index in [1.54, 1.807) is 4.90 Å². The highest BCUT2D eigenvalue weighted by atomic mass is 35.5. The lowest BCUT2D eigenvalue weighted by molar-refractivity contribution is 0.131. The molecule has 0 spiro atoms. The van der Waals surface area contributed by atoms with E-state index in [1.165, 1.54) is 0 Å². The van der Waals surface area contributed by atoms with E-state index >= 15 is 0 Å².